The molecule has 14 heavy (non-hydrogen) atoms. The second kappa shape index (κ2) is 5.03. The van der Waals surface area contributed by atoms with Crippen molar-refractivity contribution >= 4 is 17.7 Å². The van der Waals surface area contributed by atoms with Crippen molar-refractivity contribution < 1.29 is 4.79 Å². The van der Waals surface area contributed by atoms with Crippen LogP contribution in [0.2, 0.25) is 0 Å². The Morgan fingerprint density at radius 1 is 1.57 bits per heavy atom. The molecular weight excluding hydrogens is 196 g/mol. The SMILES string of the molecule is CC(C)(C)CCNC(=O)[C@H]1CSCN1. The van der Waals surface area contributed by atoms with Crippen LogP contribution in [0.1, 0.15) is 27.2 Å². The molecule has 0 radical (unpaired) electrons. The summed E-state index contributed by atoms with van der Waals surface area (Å²) in [5.41, 5.74) is 0.297. The highest BCUT2D eigenvalue weighted by Crippen LogP contribution is 2.17. The van der Waals surface area contributed by atoms with Gasteiger partial charge in [-0.1, -0.05) is 20.8 Å². The minimum atomic E-state index is 0.0277. The Morgan fingerprint density at radius 3 is 2.79 bits per heavy atom. The molecule has 0 aromatic heterocycles. The van der Waals surface area contributed by atoms with Crippen LogP contribution in [-0.4, -0.2) is 30.1 Å². The molecule has 0 spiro atoms. The third kappa shape index (κ3) is 4.33. The molecule has 0 aromatic carbocycles. The lowest BCUT2D eigenvalue weighted by Gasteiger charge is -2.19. The smallest absolute Gasteiger partial charge is 0.238 e. The Kier molecular flexibility index (Phi) is 4.26. The van der Waals surface area contributed by atoms with Crippen molar-refractivity contribution in [2.24, 2.45) is 5.41 Å². The standard InChI is InChI=1S/C10H20N2OS/c1-10(2,3)4-5-11-9(13)8-6-14-7-12-8/h8,12H,4-7H2,1-3H3,(H,11,13)/t8-/m1/s1. The first-order valence-electron chi connectivity index (χ1n) is 5.08. The maximum Gasteiger partial charge on any atom is 0.238 e. The highest BCUT2D eigenvalue weighted by Gasteiger charge is 2.22. The van der Waals surface area contributed by atoms with Gasteiger partial charge in [0.05, 0.1) is 6.04 Å². The first kappa shape index (κ1) is 11.9. The summed E-state index contributed by atoms with van der Waals surface area (Å²) in [6.45, 7) is 7.33. The fourth-order valence-electron chi connectivity index (χ4n) is 1.25. The number of nitrogens with one attached hydrogen (secondary N) is 2. The molecule has 1 saturated heterocycles. The predicted molar refractivity (Wildman–Crippen MR) is 61.3 cm³/mol. The molecule has 1 rings (SSSR count). The van der Waals surface area contributed by atoms with Gasteiger partial charge in [0.25, 0.3) is 0 Å². The van der Waals surface area contributed by atoms with Crippen LogP contribution in [0.3, 0.4) is 0 Å². The number of hydrogen-bond acceptors (Lipinski definition) is 3. The van der Waals surface area contributed by atoms with E-state index in [0.717, 1.165) is 24.6 Å². The summed E-state index contributed by atoms with van der Waals surface area (Å²) in [5.74, 6) is 1.96. The van der Waals surface area contributed by atoms with E-state index in [0.29, 0.717) is 5.41 Å². The minimum Gasteiger partial charge on any atom is -0.355 e. The molecule has 1 atom stereocenters. The van der Waals surface area contributed by atoms with Crippen LogP contribution < -0.4 is 10.6 Å². The highest BCUT2D eigenvalue weighted by molar-refractivity contribution is 7.99. The van der Waals surface area contributed by atoms with Gasteiger partial charge in [-0.3, -0.25) is 10.1 Å². The number of hydrogen-bond donors (Lipinski definition) is 2. The summed E-state index contributed by atoms with van der Waals surface area (Å²) in [4.78, 5) is 11.5. The van der Waals surface area contributed by atoms with Gasteiger partial charge in [-0.05, 0) is 11.8 Å². The highest BCUT2D eigenvalue weighted by atomic mass is 32.2. The zero-order chi connectivity index (χ0) is 10.6. The number of amides is 1. The topological polar surface area (TPSA) is 41.1 Å². The number of thioether (sulfide) groups is 1. The van der Waals surface area contributed by atoms with Gasteiger partial charge in [0.2, 0.25) is 5.91 Å². The lowest BCUT2D eigenvalue weighted by atomic mass is 9.92. The lowest BCUT2D eigenvalue weighted by molar-refractivity contribution is -0.122. The zero-order valence-electron chi connectivity index (χ0n) is 9.22. The van der Waals surface area contributed by atoms with E-state index >= 15 is 0 Å². The van der Waals surface area contributed by atoms with Crippen LogP contribution >= 0.6 is 11.8 Å². The molecule has 0 bridgehead atoms. The zero-order valence-corrected chi connectivity index (χ0v) is 10.0. The molecule has 1 aliphatic rings. The molecule has 3 nitrogen and oxygen atoms in total. The summed E-state index contributed by atoms with van der Waals surface area (Å²) < 4.78 is 0. The summed E-state index contributed by atoms with van der Waals surface area (Å²) in [5, 5.41) is 6.12. The van der Waals surface area contributed by atoms with Crippen LogP contribution in [0.25, 0.3) is 0 Å². The van der Waals surface area contributed by atoms with Crippen LogP contribution in [0.15, 0.2) is 0 Å². The van der Waals surface area contributed by atoms with Gasteiger partial charge in [0, 0.05) is 18.2 Å². The number of carbonyl (C=O) groups excluding carboxylic acids is 1. The monoisotopic (exact) mass is 216 g/mol. The third-order valence-corrected chi connectivity index (χ3v) is 3.15. The maximum absolute atomic E-state index is 11.5. The van der Waals surface area contributed by atoms with Gasteiger partial charge in [0.15, 0.2) is 0 Å². The average Bonchev–Trinajstić information content (AvgIpc) is 2.53. The molecule has 0 unspecified atom stereocenters. The van der Waals surface area contributed by atoms with Crippen LogP contribution in [-0.2, 0) is 4.79 Å². The van der Waals surface area contributed by atoms with E-state index in [9.17, 15) is 4.79 Å². The molecule has 0 aliphatic carbocycles. The summed E-state index contributed by atoms with van der Waals surface area (Å²) >= 11 is 1.78. The van der Waals surface area contributed by atoms with Gasteiger partial charge in [-0.15, -0.1) is 11.8 Å². The van der Waals surface area contributed by atoms with Crippen molar-refractivity contribution in [2.75, 3.05) is 18.2 Å². The Bertz CT molecular complexity index is 195. The van der Waals surface area contributed by atoms with Crippen molar-refractivity contribution in [3.05, 3.63) is 0 Å². The summed E-state index contributed by atoms with van der Waals surface area (Å²) in [7, 11) is 0. The molecule has 4 heteroatoms. The van der Waals surface area contributed by atoms with Crippen molar-refractivity contribution in [2.45, 2.75) is 33.2 Å². The average molecular weight is 216 g/mol. The Morgan fingerprint density at radius 2 is 2.29 bits per heavy atom. The van der Waals surface area contributed by atoms with Crippen LogP contribution in [0.5, 0.6) is 0 Å². The van der Waals surface area contributed by atoms with Gasteiger partial charge in [-0.2, -0.15) is 0 Å². The van der Waals surface area contributed by atoms with E-state index < -0.39 is 0 Å². The molecule has 1 heterocycles. The molecule has 0 saturated carbocycles. The largest absolute Gasteiger partial charge is 0.355 e. The molecule has 0 aromatic rings. The van der Waals surface area contributed by atoms with E-state index in [1.807, 2.05) is 0 Å². The van der Waals surface area contributed by atoms with Gasteiger partial charge in [-0.25, -0.2) is 0 Å². The fraction of sp³-hybridized carbons (Fsp3) is 0.900. The van der Waals surface area contributed by atoms with E-state index in [4.69, 9.17) is 0 Å². The van der Waals surface area contributed by atoms with E-state index in [1.54, 1.807) is 11.8 Å². The predicted octanol–water partition coefficient (Wildman–Crippen LogP) is 1.20. The number of rotatable bonds is 3. The van der Waals surface area contributed by atoms with Crippen molar-refractivity contribution in [1.29, 1.82) is 0 Å². The van der Waals surface area contributed by atoms with Crippen LogP contribution in [0, 0.1) is 5.41 Å². The third-order valence-electron chi connectivity index (χ3n) is 2.21. The van der Waals surface area contributed by atoms with Gasteiger partial charge < -0.3 is 5.32 Å². The first-order valence-corrected chi connectivity index (χ1v) is 6.23. The number of carbonyl (C=O) groups is 1. The van der Waals surface area contributed by atoms with Gasteiger partial charge in [0.1, 0.15) is 0 Å². The van der Waals surface area contributed by atoms with Crippen molar-refractivity contribution in [1.82, 2.24) is 10.6 Å². The van der Waals surface area contributed by atoms with Gasteiger partial charge >= 0.3 is 0 Å². The van der Waals surface area contributed by atoms with E-state index in [2.05, 4.69) is 31.4 Å². The fourth-order valence-corrected chi connectivity index (χ4v) is 2.19. The van der Waals surface area contributed by atoms with E-state index in [1.165, 1.54) is 0 Å². The molecule has 1 fully saturated rings. The minimum absolute atomic E-state index is 0.0277. The second-order valence-electron chi connectivity index (χ2n) is 4.87. The molecular formula is C10H20N2OS. The molecule has 1 amide bonds. The summed E-state index contributed by atoms with van der Waals surface area (Å²) in [6.07, 6.45) is 1.03. The van der Waals surface area contributed by atoms with Crippen molar-refractivity contribution in [3.63, 3.8) is 0 Å². The van der Waals surface area contributed by atoms with Crippen molar-refractivity contribution in [3.8, 4) is 0 Å². The molecule has 1 aliphatic heterocycles. The summed E-state index contributed by atoms with van der Waals surface area (Å²) in [6, 6.07) is 0.0277. The lowest BCUT2D eigenvalue weighted by Crippen LogP contribution is -2.42. The molecule has 82 valence electrons. The quantitative estimate of drug-likeness (QED) is 0.745. The Hall–Kier alpha value is -0.220. The van der Waals surface area contributed by atoms with Crippen LogP contribution in [0.4, 0.5) is 0 Å². The van der Waals surface area contributed by atoms with E-state index in [-0.39, 0.29) is 11.9 Å². The normalized spacial score (nSPS) is 22.4. The Labute approximate surface area is 90.4 Å². The first-order chi connectivity index (χ1) is 6.49. The second-order valence-corrected chi connectivity index (χ2v) is 5.90. The Balaban J connectivity index is 2.15. The maximum atomic E-state index is 11.5. The molecule has 2 N–H and O–H groups in total.